The Balaban J connectivity index is 2.03. The van der Waals surface area contributed by atoms with Gasteiger partial charge in [0.15, 0.2) is 0 Å². The molecule has 1 saturated carbocycles. The molecule has 1 atom stereocenters. The first kappa shape index (κ1) is 14.7. The Bertz CT molecular complexity index is 563. The van der Waals surface area contributed by atoms with Gasteiger partial charge >= 0.3 is 0 Å². The van der Waals surface area contributed by atoms with Crippen molar-refractivity contribution in [3.05, 3.63) is 28.8 Å². The normalized spacial score (nSPS) is 16.9. The van der Waals surface area contributed by atoms with Crippen LogP contribution in [-0.2, 0) is 11.2 Å². The minimum atomic E-state index is -0.768. The molecule has 1 aromatic rings. The summed E-state index contributed by atoms with van der Waals surface area (Å²) in [5, 5.41) is 12.5. The maximum atomic E-state index is 12.1. The third-order valence-corrected chi connectivity index (χ3v) is 3.99. The van der Waals surface area contributed by atoms with Gasteiger partial charge in [-0.05, 0) is 43.4 Å². The number of ether oxygens (including phenoxy) is 1. The minimum absolute atomic E-state index is 0.160. The van der Waals surface area contributed by atoms with Gasteiger partial charge in [-0.15, -0.1) is 0 Å². The molecule has 0 saturated heterocycles. The van der Waals surface area contributed by atoms with Crippen LogP contribution in [-0.4, -0.2) is 18.6 Å². The molecule has 0 aliphatic heterocycles. The van der Waals surface area contributed by atoms with Crippen molar-refractivity contribution in [1.82, 2.24) is 5.32 Å². The number of amides is 1. The number of nitrogens with zero attached hydrogens (tertiary/aromatic N) is 1. The van der Waals surface area contributed by atoms with E-state index in [-0.39, 0.29) is 18.2 Å². The van der Waals surface area contributed by atoms with Gasteiger partial charge in [0.1, 0.15) is 11.3 Å². The van der Waals surface area contributed by atoms with E-state index in [0.717, 1.165) is 18.4 Å². The number of benzene rings is 1. The Kier molecular flexibility index (Phi) is 4.20. The molecule has 0 heterocycles. The van der Waals surface area contributed by atoms with Crippen molar-refractivity contribution < 1.29 is 9.53 Å². The van der Waals surface area contributed by atoms with E-state index in [4.69, 9.17) is 16.3 Å². The van der Waals surface area contributed by atoms with Crippen molar-refractivity contribution in [2.75, 3.05) is 7.11 Å². The monoisotopic (exact) mass is 292 g/mol. The lowest BCUT2D eigenvalue weighted by Gasteiger charge is -2.23. The summed E-state index contributed by atoms with van der Waals surface area (Å²) in [6.45, 7) is 1.78. The Morgan fingerprint density at radius 3 is 2.80 bits per heavy atom. The van der Waals surface area contributed by atoms with Crippen molar-refractivity contribution in [1.29, 1.82) is 5.26 Å². The molecule has 0 spiro atoms. The summed E-state index contributed by atoms with van der Waals surface area (Å²) in [6, 6.07) is 7.41. The van der Waals surface area contributed by atoms with Gasteiger partial charge in [0.05, 0.1) is 19.6 Å². The molecule has 0 bridgehead atoms. The van der Waals surface area contributed by atoms with Crippen molar-refractivity contribution in [2.24, 2.45) is 5.92 Å². The smallest absolute Gasteiger partial charge is 0.225 e. The number of halogens is 1. The summed E-state index contributed by atoms with van der Waals surface area (Å²) >= 11 is 6.11. The van der Waals surface area contributed by atoms with E-state index in [1.54, 1.807) is 32.2 Å². The predicted molar refractivity (Wildman–Crippen MR) is 76.6 cm³/mol. The lowest BCUT2D eigenvalue weighted by atomic mass is 9.97. The molecule has 1 aliphatic rings. The number of nitriles is 1. The predicted octanol–water partition coefficient (Wildman–Crippen LogP) is 2.70. The molecular formula is C15H17ClN2O2. The summed E-state index contributed by atoms with van der Waals surface area (Å²) in [5.74, 6) is 0.731. The molecule has 0 aromatic heterocycles. The number of carbonyl (C=O) groups excluding carboxylic acids is 1. The highest BCUT2D eigenvalue weighted by Crippen LogP contribution is 2.39. The highest BCUT2D eigenvalue weighted by atomic mass is 35.5. The molecule has 1 fully saturated rings. The second kappa shape index (κ2) is 5.72. The number of hydrogen-bond donors (Lipinski definition) is 1. The zero-order chi connectivity index (χ0) is 14.8. The summed E-state index contributed by atoms with van der Waals surface area (Å²) in [4.78, 5) is 12.1. The summed E-state index contributed by atoms with van der Waals surface area (Å²) < 4.78 is 5.06. The van der Waals surface area contributed by atoms with Crippen LogP contribution in [0.4, 0.5) is 0 Å². The number of carbonyl (C=O) groups is 1. The van der Waals surface area contributed by atoms with Gasteiger partial charge in [0, 0.05) is 5.02 Å². The highest BCUT2D eigenvalue weighted by molar-refractivity contribution is 6.31. The fourth-order valence-corrected chi connectivity index (χ4v) is 2.42. The second-order valence-corrected chi connectivity index (χ2v) is 5.68. The largest absolute Gasteiger partial charge is 0.497 e. The molecule has 0 unspecified atom stereocenters. The van der Waals surface area contributed by atoms with E-state index in [0.29, 0.717) is 10.8 Å². The second-order valence-electron chi connectivity index (χ2n) is 5.27. The van der Waals surface area contributed by atoms with Crippen molar-refractivity contribution in [3.8, 4) is 11.8 Å². The van der Waals surface area contributed by atoms with Gasteiger partial charge in [-0.3, -0.25) is 4.79 Å². The Morgan fingerprint density at radius 2 is 2.30 bits per heavy atom. The van der Waals surface area contributed by atoms with Crippen LogP contribution < -0.4 is 10.1 Å². The lowest BCUT2D eigenvalue weighted by molar-refractivity contribution is -0.121. The molecule has 0 radical (unpaired) electrons. The molecule has 1 amide bonds. The van der Waals surface area contributed by atoms with E-state index in [1.165, 1.54) is 0 Å². The molecule has 5 heteroatoms. The van der Waals surface area contributed by atoms with Crippen LogP contribution in [0.25, 0.3) is 0 Å². The van der Waals surface area contributed by atoms with E-state index >= 15 is 0 Å². The highest BCUT2D eigenvalue weighted by Gasteiger charge is 2.42. The first-order valence-corrected chi connectivity index (χ1v) is 6.91. The molecule has 20 heavy (non-hydrogen) atoms. The molecular weight excluding hydrogens is 276 g/mol. The van der Waals surface area contributed by atoms with Crippen molar-refractivity contribution >= 4 is 17.5 Å². The number of nitrogens with one attached hydrogen (secondary N) is 1. The first-order chi connectivity index (χ1) is 9.48. The average molecular weight is 293 g/mol. The first-order valence-electron chi connectivity index (χ1n) is 6.53. The molecule has 4 nitrogen and oxygen atoms in total. The molecule has 1 N–H and O–H groups in total. The molecule has 1 aromatic carbocycles. The van der Waals surface area contributed by atoms with E-state index in [1.807, 2.05) is 0 Å². The van der Waals surface area contributed by atoms with Crippen LogP contribution in [0.3, 0.4) is 0 Å². The Labute approximate surface area is 123 Å². The maximum Gasteiger partial charge on any atom is 0.225 e. The Morgan fingerprint density at radius 1 is 1.60 bits per heavy atom. The van der Waals surface area contributed by atoms with Crippen LogP contribution in [0.5, 0.6) is 5.75 Å². The van der Waals surface area contributed by atoms with E-state index in [9.17, 15) is 10.1 Å². The topological polar surface area (TPSA) is 62.1 Å². The molecule has 106 valence electrons. The van der Waals surface area contributed by atoms with Gasteiger partial charge in [-0.1, -0.05) is 17.7 Å². The zero-order valence-electron chi connectivity index (χ0n) is 11.6. The summed E-state index contributed by atoms with van der Waals surface area (Å²) in [6.07, 6.45) is 2.15. The van der Waals surface area contributed by atoms with Gasteiger partial charge in [0.2, 0.25) is 5.91 Å². The van der Waals surface area contributed by atoms with Crippen LogP contribution in [0.2, 0.25) is 5.02 Å². The van der Waals surface area contributed by atoms with Crippen molar-refractivity contribution in [3.63, 3.8) is 0 Å². The number of rotatable bonds is 5. The minimum Gasteiger partial charge on any atom is -0.497 e. The van der Waals surface area contributed by atoms with Crippen LogP contribution in [0.1, 0.15) is 25.3 Å². The SMILES string of the molecule is COc1ccc(CC(=O)N[C@@](C)(C#N)C2CC2)c(Cl)c1. The summed E-state index contributed by atoms with van der Waals surface area (Å²) in [5.41, 5.74) is -0.0446. The van der Waals surface area contributed by atoms with Crippen LogP contribution >= 0.6 is 11.6 Å². The standard InChI is InChI=1S/C15H17ClN2O2/c1-15(9-17,11-4-5-11)18-14(19)7-10-3-6-12(20-2)8-13(10)16/h3,6,8,11H,4-5,7H2,1-2H3,(H,18,19)/t15-/m0/s1. The quantitative estimate of drug-likeness (QED) is 0.907. The maximum absolute atomic E-state index is 12.1. The van der Waals surface area contributed by atoms with Gasteiger partial charge in [0.25, 0.3) is 0 Å². The van der Waals surface area contributed by atoms with E-state index in [2.05, 4.69) is 11.4 Å². The number of methoxy groups -OCH3 is 1. The lowest BCUT2D eigenvalue weighted by Crippen LogP contribution is -2.47. The third-order valence-electron chi connectivity index (χ3n) is 3.64. The fourth-order valence-electron chi connectivity index (χ4n) is 2.19. The van der Waals surface area contributed by atoms with E-state index < -0.39 is 5.54 Å². The van der Waals surface area contributed by atoms with Gasteiger partial charge in [-0.25, -0.2) is 0 Å². The van der Waals surface area contributed by atoms with Crippen LogP contribution in [0.15, 0.2) is 18.2 Å². The zero-order valence-corrected chi connectivity index (χ0v) is 12.3. The van der Waals surface area contributed by atoms with Gasteiger partial charge < -0.3 is 10.1 Å². The van der Waals surface area contributed by atoms with Gasteiger partial charge in [-0.2, -0.15) is 5.26 Å². The molecule has 2 rings (SSSR count). The van der Waals surface area contributed by atoms with Crippen LogP contribution in [0, 0.1) is 17.2 Å². The fraction of sp³-hybridized carbons (Fsp3) is 0.467. The average Bonchev–Trinajstić information content (AvgIpc) is 3.25. The number of hydrogen-bond acceptors (Lipinski definition) is 3. The Hall–Kier alpha value is -1.73. The third kappa shape index (κ3) is 3.23. The summed E-state index contributed by atoms with van der Waals surface area (Å²) in [7, 11) is 1.56. The van der Waals surface area contributed by atoms with Crippen molar-refractivity contribution in [2.45, 2.75) is 31.7 Å². The molecule has 1 aliphatic carbocycles.